The van der Waals surface area contributed by atoms with E-state index >= 15 is 0 Å². The Kier molecular flexibility index (Phi) is 4.69. The van der Waals surface area contributed by atoms with Gasteiger partial charge in [0.05, 0.1) is 0 Å². The van der Waals surface area contributed by atoms with Crippen LogP contribution in [-0.2, 0) is 9.53 Å². The molecular formula is C10H18ClNO2. The molecule has 0 aliphatic carbocycles. The molecule has 0 aromatic rings. The molecule has 0 saturated carbocycles. The molecule has 1 aliphatic rings. The lowest BCUT2D eigenvalue weighted by Crippen LogP contribution is -2.41. The van der Waals surface area contributed by atoms with Crippen LogP contribution in [0.3, 0.4) is 0 Å². The number of halogens is 1. The third kappa shape index (κ3) is 2.85. The molecule has 1 saturated heterocycles. The second-order valence-corrected chi connectivity index (χ2v) is 4.15. The van der Waals surface area contributed by atoms with E-state index in [1.807, 2.05) is 14.0 Å². The summed E-state index contributed by atoms with van der Waals surface area (Å²) in [6.45, 7) is 3.38. The predicted octanol–water partition coefficient (Wildman–Crippen LogP) is 1.50. The van der Waals surface area contributed by atoms with Crippen LogP contribution in [0.25, 0.3) is 0 Å². The van der Waals surface area contributed by atoms with Crippen molar-refractivity contribution >= 4 is 17.5 Å². The van der Waals surface area contributed by atoms with Gasteiger partial charge in [0.15, 0.2) is 0 Å². The second-order valence-electron chi connectivity index (χ2n) is 3.84. The van der Waals surface area contributed by atoms with Crippen molar-refractivity contribution in [3.63, 3.8) is 0 Å². The van der Waals surface area contributed by atoms with Crippen molar-refractivity contribution in [3.05, 3.63) is 0 Å². The summed E-state index contributed by atoms with van der Waals surface area (Å²) in [4.78, 5) is 13.7. The van der Waals surface area contributed by atoms with E-state index in [1.165, 1.54) is 0 Å². The van der Waals surface area contributed by atoms with Crippen molar-refractivity contribution in [1.82, 2.24) is 4.90 Å². The third-order valence-corrected chi connectivity index (χ3v) is 3.25. The molecule has 1 rings (SSSR count). The lowest BCUT2D eigenvalue weighted by molar-refractivity contribution is -0.138. The van der Waals surface area contributed by atoms with Crippen molar-refractivity contribution in [2.24, 2.45) is 5.92 Å². The molecule has 1 unspecified atom stereocenters. The van der Waals surface area contributed by atoms with Gasteiger partial charge in [-0.25, -0.2) is 0 Å². The van der Waals surface area contributed by atoms with Crippen LogP contribution >= 0.6 is 11.6 Å². The average molecular weight is 220 g/mol. The van der Waals surface area contributed by atoms with E-state index in [9.17, 15) is 4.79 Å². The molecule has 1 fully saturated rings. The standard InChI is InChI=1S/C10H18ClNO2/c1-8(7-11)12(2)10(13)9-3-5-14-6-4-9/h8-9H,3-7H2,1-2H3. The molecule has 0 spiro atoms. The van der Waals surface area contributed by atoms with Gasteiger partial charge < -0.3 is 9.64 Å². The normalized spacial score (nSPS) is 20.5. The van der Waals surface area contributed by atoms with E-state index in [0.29, 0.717) is 19.1 Å². The van der Waals surface area contributed by atoms with Gasteiger partial charge in [-0.3, -0.25) is 4.79 Å². The molecule has 0 radical (unpaired) electrons. The first-order valence-electron chi connectivity index (χ1n) is 5.07. The minimum absolute atomic E-state index is 0.118. The Hall–Kier alpha value is -0.280. The van der Waals surface area contributed by atoms with Crippen molar-refractivity contribution in [1.29, 1.82) is 0 Å². The maximum absolute atomic E-state index is 11.9. The van der Waals surface area contributed by atoms with Gasteiger partial charge in [0.25, 0.3) is 0 Å². The minimum Gasteiger partial charge on any atom is -0.381 e. The smallest absolute Gasteiger partial charge is 0.225 e. The number of rotatable bonds is 3. The van der Waals surface area contributed by atoms with Crippen molar-refractivity contribution in [3.8, 4) is 0 Å². The minimum atomic E-state index is 0.118. The van der Waals surface area contributed by atoms with Crippen LogP contribution in [0.5, 0.6) is 0 Å². The van der Waals surface area contributed by atoms with Gasteiger partial charge in [-0.05, 0) is 19.8 Å². The maximum atomic E-state index is 11.9. The molecular weight excluding hydrogens is 202 g/mol. The molecule has 82 valence electrons. The van der Waals surface area contributed by atoms with Gasteiger partial charge in [-0.1, -0.05) is 0 Å². The Morgan fingerprint density at radius 3 is 2.64 bits per heavy atom. The Labute approximate surface area is 90.4 Å². The van der Waals surface area contributed by atoms with E-state index in [4.69, 9.17) is 16.3 Å². The van der Waals surface area contributed by atoms with E-state index < -0.39 is 0 Å². The lowest BCUT2D eigenvalue weighted by atomic mass is 9.98. The highest BCUT2D eigenvalue weighted by Crippen LogP contribution is 2.18. The summed E-state index contributed by atoms with van der Waals surface area (Å²) in [5, 5.41) is 0. The summed E-state index contributed by atoms with van der Waals surface area (Å²) in [5.41, 5.74) is 0. The second kappa shape index (κ2) is 5.56. The summed E-state index contributed by atoms with van der Waals surface area (Å²) in [6.07, 6.45) is 1.69. The molecule has 1 aliphatic heterocycles. The van der Waals surface area contributed by atoms with Gasteiger partial charge in [-0.2, -0.15) is 0 Å². The van der Waals surface area contributed by atoms with Gasteiger partial charge in [0.1, 0.15) is 0 Å². The van der Waals surface area contributed by atoms with Gasteiger partial charge >= 0.3 is 0 Å². The monoisotopic (exact) mass is 219 g/mol. The van der Waals surface area contributed by atoms with Crippen LogP contribution in [0.1, 0.15) is 19.8 Å². The Bertz CT molecular complexity index is 189. The fraction of sp³-hybridized carbons (Fsp3) is 0.900. The fourth-order valence-corrected chi connectivity index (χ4v) is 1.76. The molecule has 1 heterocycles. The van der Waals surface area contributed by atoms with Gasteiger partial charge in [0.2, 0.25) is 5.91 Å². The third-order valence-electron chi connectivity index (χ3n) is 2.80. The molecule has 1 amide bonds. The first-order valence-corrected chi connectivity index (χ1v) is 5.60. The summed E-state index contributed by atoms with van der Waals surface area (Å²) >= 11 is 5.71. The van der Waals surface area contributed by atoms with Gasteiger partial charge in [0, 0.05) is 38.1 Å². The number of carbonyl (C=O) groups excluding carboxylic acids is 1. The van der Waals surface area contributed by atoms with Gasteiger partial charge in [-0.15, -0.1) is 11.6 Å². The Morgan fingerprint density at radius 2 is 2.14 bits per heavy atom. The number of nitrogens with zero attached hydrogens (tertiary/aromatic N) is 1. The first kappa shape index (κ1) is 11.8. The van der Waals surface area contributed by atoms with Crippen LogP contribution in [-0.4, -0.2) is 43.0 Å². The van der Waals surface area contributed by atoms with Crippen LogP contribution in [0.4, 0.5) is 0 Å². The molecule has 3 nitrogen and oxygen atoms in total. The Balaban J connectivity index is 2.46. The van der Waals surface area contributed by atoms with E-state index in [2.05, 4.69) is 0 Å². The highest BCUT2D eigenvalue weighted by Gasteiger charge is 2.26. The number of amides is 1. The molecule has 0 N–H and O–H groups in total. The molecule has 0 aromatic carbocycles. The Morgan fingerprint density at radius 1 is 1.57 bits per heavy atom. The van der Waals surface area contributed by atoms with E-state index in [-0.39, 0.29) is 17.9 Å². The predicted molar refractivity (Wildman–Crippen MR) is 56.5 cm³/mol. The highest BCUT2D eigenvalue weighted by molar-refractivity contribution is 6.18. The molecule has 0 aromatic heterocycles. The molecule has 0 bridgehead atoms. The summed E-state index contributed by atoms with van der Waals surface area (Å²) in [6, 6.07) is 0.118. The number of alkyl halides is 1. The zero-order chi connectivity index (χ0) is 10.6. The maximum Gasteiger partial charge on any atom is 0.225 e. The molecule has 4 heteroatoms. The zero-order valence-electron chi connectivity index (χ0n) is 8.83. The fourth-order valence-electron chi connectivity index (χ4n) is 1.55. The largest absolute Gasteiger partial charge is 0.381 e. The summed E-state index contributed by atoms with van der Waals surface area (Å²) < 4.78 is 5.22. The molecule has 1 atom stereocenters. The van der Waals surface area contributed by atoms with Crippen LogP contribution in [0.2, 0.25) is 0 Å². The van der Waals surface area contributed by atoms with E-state index in [1.54, 1.807) is 4.90 Å². The quantitative estimate of drug-likeness (QED) is 0.674. The lowest BCUT2D eigenvalue weighted by Gasteiger charge is -2.29. The van der Waals surface area contributed by atoms with Crippen molar-refractivity contribution in [2.45, 2.75) is 25.8 Å². The van der Waals surface area contributed by atoms with Crippen LogP contribution < -0.4 is 0 Å². The van der Waals surface area contributed by atoms with Crippen LogP contribution in [0, 0.1) is 5.92 Å². The van der Waals surface area contributed by atoms with Crippen molar-refractivity contribution in [2.75, 3.05) is 26.1 Å². The van der Waals surface area contributed by atoms with E-state index in [0.717, 1.165) is 12.8 Å². The van der Waals surface area contributed by atoms with Crippen LogP contribution in [0.15, 0.2) is 0 Å². The first-order chi connectivity index (χ1) is 6.66. The van der Waals surface area contributed by atoms with Crippen molar-refractivity contribution < 1.29 is 9.53 Å². The number of hydrogen-bond donors (Lipinski definition) is 0. The average Bonchev–Trinajstić information content (AvgIpc) is 2.27. The topological polar surface area (TPSA) is 29.5 Å². The molecule has 14 heavy (non-hydrogen) atoms. The summed E-state index contributed by atoms with van der Waals surface area (Å²) in [7, 11) is 1.82. The summed E-state index contributed by atoms with van der Waals surface area (Å²) in [5.74, 6) is 0.840. The zero-order valence-corrected chi connectivity index (χ0v) is 9.59. The SMILES string of the molecule is CC(CCl)N(C)C(=O)C1CCOCC1. The number of hydrogen-bond acceptors (Lipinski definition) is 2. The highest BCUT2D eigenvalue weighted by atomic mass is 35.5. The number of ether oxygens (including phenoxy) is 1. The number of carbonyl (C=O) groups is 1.